The molecule has 98 valence electrons. The molecule has 0 saturated heterocycles. The SMILES string of the molecule is CON(C)C(=O)C(c1ccccc1)c1ccccc1. The Morgan fingerprint density at radius 3 is 1.74 bits per heavy atom. The highest BCUT2D eigenvalue weighted by atomic mass is 16.7. The molecule has 0 fully saturated rings. The van der Waals surface area contributed by atoms with Gasteiger partial charge in [-0.25, -0.2) is 5.06 Å². The smallest absolute Gasteiger partial charge is 0.257 e. The molecule has 0 N–H and O–H groups in total. The summed E-state index contributed by atoms with van der Waals surface area (Å²) in [5.74, 6) is -0.424. The van der Waals surface area contributed by atoms with Gasteiger partial charge in [-0.1, -0.05) is 60.7 Å². The van der Waals surface area contributed by atoms with E-state index >= 15 is 0 Å². The van der Waals surface area contributed by atoms with Gasteiger partial charge in [0.2, 0.25) is 0 Å². The molecular formula is C16H17NO2. The third-order valence-electron chi connectivity index (χ3n) is 3.10. The molecule has 19 heavy (non-hydrogen) atoms. The van der Waals surface area contributed by atoms with E-state index in [0.717, 1.165) is 11.1 Å². The number of hydroxylamine groups is 2. The lowest BCUT2D eigenvalue weighted by molar-refractivity contribution is -0.169. The summed E-state index contributed by atoms with van der Waals surface area (Å²) in [5, 5.41) is 1.27. The number of rotatable bonds is 4. The summed E-state index contributed by atoms with van der Waals surface area (Å²) in [6.45, 7) is 0. The number of carbonyl (C=O) groups is 1. The van der Waals surface area contributed by atoms with Gasteiger partial charge in [-0.2, -0.15) is 0 Å². The van der Waals surface area contributed by atoms with Crippen LogP contribution in [0, 0.1) is 0 Å². The molecule has 0 atom stereocenters. The Labute approximate surface area is 113 Å². The predicted octanol–water partition coefficient (Wildman–Crippen LogP) is 2.84. The van der Waals surface area contributed by atoms with Crippen molar-refractivity contribution in [1.82, 2.24) is 5.06 Å². The van der Waals surface area contributed by atoms with E-state index in [2.05, 4.69) is 0 Å². The van der Waals surface area contributed by atoms with Gasteiger partial charge in [-0.05, 0) is 11.1 Å². The van der Waals surface area contributed by atoms with Gasteiger partial charge in [-0.15, -0.1) is 0 Å². The second kappa shape index (κ2) is 6.16. The normalized spacial score (nSPS) is 10.5. The molecular weight excluding hydrogens is 238 g/mol. The maximum Gasteiger partial charge on any atom is 0.257 e. The van der Waals surface area contributed by atoms with Gasteiger partial charge in [0.1, 0.15) is 0 Å². The molecule has 0 unspecified atom stereocenters. The van der Waals surface area contributed by atoms with E-state index in [1.54, 1.807) is 7.05 Å². The Kier molecular flexibility index (Phi) is 4.31. The van der Waals surface area contributed by atoms with Gasteiger partial charge in [-0.3, -0.25) is 9.63 Å². The molecule has 0 radical (unpaired) electrons. The molecule has 0 aliphatic carbocycles. The van der Waals surface area contributed by atoms with Crippen molar-refractivity contribution in [3.8, 4) is 0 Å². The number of benzene rings is 2. The van der Waals surface area contributed by atoms with E-state index in [-0.39, 0.29) is 11.8 Å². The number of amides is 1. The van der Waals surface area contributed by atoms with Gasteiger partial charge in [0.25, 0.3) is 5.91 Å². The average Bonchev–Trinajstić information content (AvgIpc) is 2.49. The first kappa shape index (κ1) is 13.3. The second-order valence-corrected chi connectivity index (χ2v) is 4.27. The monoisotopic (exact) mass is 255 g/mol. The molecule has 0 saturated carbocycles. The van der Waals surface area contributed by atoms with E-state index in [1.165, 1.54) is 12.2 Å². The highest BCUT2D eigenvalue weighted by molar-refractivity contribution is 5.86. The van der Waals surface area contributed by atoms with Crippen LogP contribution in [0.1, 0.15) is 17.0 Å². The van der Waals surface area contributed by atoms with Crippen LogP contribution >= 0.6 is 0 Å². The largest absolute Gasteiger partial charge is 0.275 e. The summed E-state index contributed by atoms with van der Waals surface area (Å²) in [5.41, 5.74) is 1.92. The standard InChI is InChI=1S/C16H17NO2/c1-17(19-2)16(18)15(13-9-5-3-6-10-13)14-11-7-4-8-12-14/h3-12,15H,1-2H3. The number of nitrogens with zero attached hydrogens (tertiary/aromatic N) is 1. The summed E-state index contributed by atoms with van der Waals surface area (Å²) in [6, 6.07) is 19.5. The lowest BCUT2D eigenvalue weighted by atomic mass is 9.90. The van der Waals surface area contributed by atoms with Gasteiger partial charge in [0, 0.05) is 7.05 Å². The van der Waals surface area contributed by atoms with Gasteiger partial charge in [0.15, 0.2) is 0 Å². The molecule has 1 amide bonds. The molecule has 0 heterocycles. The Balaban J connectivity index is 2.43. The molecule has 3 heteroatoms. The van der Waals surface area contributed by atoms with Crippen LogP contribution in [-0.4, -0.2) is 25.1 Å². The first-order chi connectivity index (χ1) is 9.24. The van der Waals surface area contributed by atoms with E-state index in [1.807, 2.05) is 60.7 Å². The van der Waals surface area contributed by atoms with Gasteiger partial charge >= 0.3 is 0 Å². The number of likely N-dealkylation sites (N-methyl/N-ethyl adjacent to an activating group) is 1. The zero-order valence-electron chi connectivity index (χ0n) is 11.1. The van der Waals surface area contributed by atoms with Crippen LogP contribution in [0.3, 0.4) is 0 Å². The summed E-state index contributed by atoms with van der Waals surface area (Å²) >= 11 is 0. The van der Waals surface area contributed by atoms with Crippen LogP contribution in [0.2, 0.25) is 0 Å². The van der Waals surface area contributed by atoms with Crippen LogP contribution in [0.4, 0.5) is 0 Å². The average molecular weight is 255 g/mol. The van der Waals surface area contributed by atoms with Crippen LogP contribution in [0.25, 0.3) is 0 Å². The lowest BCUT2D eigenvalue weighted by Gasteiger charge is -2.22. The summed E-state index contributed by atoms with van der Waals surface area (Å²) in [4.78, 5) is 17.5. The first-order valence-corrected chi connectivity index (χ1v) is 6.15. The zero-order chi connectivity index (χ0) is 13.7. The molecule has 0 aliphatic rings. The summed E-state index contributed by atoms with van der Waals surface area (Å²) < 4.78 is 0. The molecule has 2 rings (SSSR count). The Hall–Kier alpha value is -2.13. The van der Waals surface area contributed by atoms with Gasteiger partial charge in [0.05, 0.1) is 13.0 Å². The molecule has 2 aromatic rings. The lowest BCUT2D eigenvalue weighted by Crippen LogP contribution is -2.31. The predicted molar refractivity (Wildman–Crippen MR) is 74.5 cm³/mol. The van der Waals surface area contributed by atoms with Crippen molar-refractivity contribution in [2.75, 3.05) is 14.2 Å². The minimum atomic E-state index is -0.340. The first-order valence-electron chi connectivity index (χ1n) is 6.15. The minimum Gasteiger partial charge on any atom is -0.275 e. The number of hydrogen-bond acceptors (Lipinski definition) is 2. The van der Waals surface area contributed by atoms with E-state index < -0.39 is 0 Å². The van der Waals surface area contributed by atoms with E-state index in [0.29, 0.717) is 0 Å². The number of carbonyl (C=O) groups excluding carboxylic acids is 1. The Morgan fingerprint density at radius 1 is 0.947 bits per heavy atom. The van der Waals surface area contributed by atoms with Crippen molar-refractivity contribution in [3.05, 3.63) is 71.8 Å². The molecule has 0 bridgehead atoms. The minimum absolute atomic E-state index is 0.0834. The molecule has 0 aliphatic heterocycles. The maximum atomic E-state index is 12.5. The molecule has 2 aromatic carbocycles. The zero-order valence-corrected chi connectivity index (χ0v) is 11.1. The van der Waals surface area contributed by atoms with Crippen molar-refractivity contribution in [3.63, 3.8) is 0 Å². The molecule has 0 spiro atoms. The Morgan fingerprint density at radius 2 is 1.37 bits per heavy atom. The van der Waals surface area contributed by atoms with Crippen molar-refractivity contribution in [2.24, 2.45) is 0 Å². The van der Waals surface area contributed by atoms with Crippen molar-refractivity contribution in [2.45, 2.75) is 5.92 Å². The summed E-state index contributed by atoms with van der Waals surface area (Å²) in [7, 11) is 3.12. The fraction of sp³-hybridized carbons (Fsp3) is 0.188. The third kappa shape index (κ3) is 3.01. The van der Waals surface area contributed by atoms with E-state index in [4.69, 9.17) is 4.84 Å². The topological polar surface area (TPSA) is 29.5 Å². The van der Waals surface area contributed by atoms with Crippen molar-refractivity contribution in [1.29, 1.82) is 0 Å². The fourth-order valence-corrected chi connectivity index (χ4v) is 2.04. The highest BCUT2D eigenvalue weighted by Gasteiger charge is 2.25. The van der Waals surface area contributed by atoms with Crippen LogP contribution < -0.4 is 0 Å². The summed E-state index contributed by atoms with van der Waals surface area (Å²) in [6.07, 6.45) is 0. The molecule has 3 nitrogen and oxygen atoms in total. The Bertz CT molecular complexity index is 485. The molecule has 0 aromatic heterocycles. The van der Waals surface area contributed by atoms with Gasteiger partial charge < -0.3 is 0 Å². The fourth-order valence-electron chi connectivity index (χ4n) is 2.04. The highest BCUT2D eigenvalue weighted by Crippen LogP contribution is 2.26. The quantitative estimate of drug-likeness (QED) is 0.786. The van der Waals surface area contributed by atoms with Crippen LogP contribution in [-0.2, 0) is 9.63 Å². The van der Waals surface area contributed by atoms with Crippen molar-refractivity contribution < 1.29 is 9.63 Å². The third-order valence-corrected chi connectivity index (χ3v) is 3.10. The maximum absolute atomic E-state index is 12.5. The number of hydrogen-bond donors (Lipinski definition) is 0. The second-order valence-electron chi connectivity index (χ2n) is 4.27. The van der Waals surface area contributed by atoms with E-state index in [9.17, 15) is 4.79 Å². The van der Waals surface area contributed by atoms with Crippen molar-refractivity contribution >= 4 is 5.91 Å². The van der Waals surface area contributed by atoms with Crippen LogP contribution in [0.5, 0.6) is 0 Å². The van der Waals surface area contributed by atoms with Crippen LogP contribution in [0.15, 0.2) is 60.7 Å².